The van der Waals surface area contributed by atoms with E-state index < -0.39 is 17.9 Å². The van der Waals surface area contributed by atoms with Crippen molar-refractivity contribution in [3.8, 4) is 17.4 Å². The van der Waals surface area contributed by atoms with Crippen LogP contribution in [0, 0.1) is 5.82 Å². The van der Waals surface area contributed by atoms with Gasteiger partial charge in [0, 0.05) is 12.3 Å². The number of halogens is 2. The van der Waals surface area contributed by atoms with E-state index in [-0.39, 0.29) is 47.9 Å². The molecular weight excluding hydrogens is 395 g/mol. The summed E-state index contributed by atoms with van der Waals surface area (Å²) in [4.78, 5) is 27.0. The first-order valence-electron chi connectivity index (χ1n) is 8.28. The monoisotopic (exact) mass is 412 g/mol. The van der Waals surface area contributed by atoms with E-state index in [4.69, 9.17) is 30.5 Å². The van der Waals surface area contributed by atoms with Gasteiger partial charge in [0.2, 0.25) is 0 Å². The van der Waals surface area contributed by atoms with Gasteiger partial charge in [0.25, 0.3) is 5.88 Å². The molecule has 0 atom stereocenters. The number of rotatable bonds is 8. The Bertz CT molecular complexity index is 849. The van der Waals surface area contributed by atoms with Crippen molar-refractivity contribution in [1.29, 1.82) is 0 Å². The lowest BCUT2D eigenvalue weighted by Crippen LogP contribution is -2.15. The first-order chi connectivity index (χ1) is 13.4. The minimum atomic E-state index is -0.825. The van der Waals surface area contributed by atoms with Crippen LogP contribution in [0.4, 0.5) is 14.9 Å². The predicted molar refractivity (Wildman–Crippen MR) is 98.5 cm³/mol. The highest BCUT2D eigenvalue weighted by Gasteiger charge is 2.16. The van der Waals surface area contributed by atoms with Crippen molar-refractivity contribution < 1.29 is 32.9 Å². The van der Waals surface area contributed by atoms with E-state index in [1.54, 1.807) is 19.9 Å². The van der Waals surface area contributed by atoms with Gasteiger partial charge in [-0.3, -0.25) is 5.32 Å². The molecule has 1 N–H and O–H groups in total. The van der Waals surface area contributed by atoms with Crippen LogP contribution < -0.4 is 14.8 Å². The van der Waals surface area contributed by atoms with Crippen molar-refractivity contribution >= 4 is 29.4 Å². The number of amides is 1. The van der Waals surface area contributed by atoms with Gasteiger partial charge in [-0.15, -0.1) is 0 Å². The lowest BCUT2D eigenvalue weighted by atomic mass is 10.3. The van der Waals surface area contributed by atoms with Gasteiger partial charge in [-0.25, -0.2) is 19.0 Å². The van der Waals surface area contributed by atoms with Crippen molar-refractivity contribution in [2.24, 2.45) is 0 Å². The van der Waals surface area contributed by atoms with E-state index in [1.807, 2.05) is 0 Å². The molecule has 2 rings (SSSR count). The van der Waals surface area contributed by atoms with E-state index in [9.17, 15) is 14.0 Å². The molecular formula is C18H18ClFN2O6. The molecule has 1 amide bonds. The molecule has 0 radical (unpaired) electrons. The third-order valence-electron chi connectivity index (χ3n) is 3.12. The van der Waals surface area contributed by atoms with Crippen LogP contribution in [-0.2, 0) is 14.3 Å². The standard InChI is InChI=1S/C18H18ClFN2O6/c1-3-25-16(23)10-27-17-14(6-5-7-21-17)28-15-9-13(12(20)8-11(15)19)22-18(24)26-4-2/h5-9H,3-4,10H2,1-2H3,(H,22,24). The average Bonchev–Trinajstić information content (AvgIpc) is 2.65. The van der Waals surface area contributed by atoms with Gasteiger partial charge in [-0.05, 0) is 32.0 Å². The van der Waals surface area contributed by atoms with Crippen LogP contribution in [0.1, 0.15) is 13.8 Å². The number of nitrogens with one attached hydrogen (secondary N) is 1. The molecule has 8 nitrogen and oxygen atoms in total. The van der Waals surface area contributed by atoms with Gasteiger partial charge >= 0.3 is 12.1 Å². The van der Waals surface area contributed by atoms with Gasteiger partial charge in [-0.1, -0.05) is 11.6 Å². The molecule has 0 saturated carbocycles. The smallest absolute Gasteiger partial charge is 0.411 e. The summed E-state index contributed by atoms with van der Waals surface area (Å²) < 4.78 is 34.5. The maximum absolute atomic E-state index is 14.0. The minimum absolute atomic E-state index is 0.0100. The van der Waals surface area contributed by atoms with Crippen molar-refractivity contribution in [3.63, 3.8) is 0 Å². The van der Waals surface area contributed by atoms with Crippen LogP contribution in [0.5, 0.6) is 17.4 Å². The van der Waals surface area contributed by atoms with E-state index in [0.717, 1.165) is 6.07 Å². The van der Waals surface area contributed by atoms with Crippen LogP contribution in [0.2, 0.25) is 5.02 Å². The number of ether oxygens (including phenoxy) is 4. The molecule has 0 aliphatic heterocycles. The number of aromatic nitrogens is 1. The molecule has 0 fully saturated rings. The zero-order valence-corrected chi connectivity index (χ0v) is 15.9. The highest BCUT2D eigenvalue weighted by Crippen LogP contribution is 2.36. The fraction of sp³-hybridized carbons (Fsp3) is 0.278. The minimum Gasteiger partial charge on any atom is -0.463 e. The Morgan fingerprint density at radius 3 is 2.64 bits per heavy atom. The van der Waals surface area contributed by atoms with Crippen molar-refractivity contribution in [2.75, 3.05) is 25.1 Å². The molecule has 1 aromatic heterocycles. The largest absolute Gasteiger partial charge is 0.463 e. The van der Waals surface area contributed by atoms with Crippen LogP contribution in [0.15, 0.2) is 30.5 Å². The number of anilines is 1. The van der Waals surface area contributed by atoms with E-state index in [2.05, 4.69) is 10.3 Å². The topological polar surface area (TPSA) is 96.0 Å². The molecule has 28 heavy (non-hydrogen) atoms. The van der Waals surface area contributed by atoms with Gasteiger partial charge in [0.15, 0.2) is 12.4 Å². The first-order valence-corrected chi connectivity index (χ1v) is 8.66. The average molecular weight is 413 g/mol. The van der Waals surface area contributed by atoms with Crippen LogP contribution >= 0.6 is 11.6 Å². The molecule has 0 unspecified atom stereocenters. The Hall–Kier alpha value is -3.07. The van der Waals surface area contributed by atoms with Gasteiger partial charge in [-0.2, -0.15) is 0 Å². The zero-order chi connectivity index (χ0) is 20.5. The highest BCUT2D eigenvalue weighted by molar-refractivity contribution is 6.32. The first kappa shape index (κ1) is 21.2. The Morgan fingerprint density at radius 1 is 1.18 bits per heavy atom. The second-order valence-electron chi connectivity index (χ2n) is 5.11. The third kappa shape index (κ3) is 5.98. The van der Waals surface area contributed by atoms with Gasteiger partial charge in [0.05, 0.1) is 23.9 Å². The second kappa shape index (κ2) is 10.3. The molecule has 2 aromatic rings. The molecule has 1 heterocycles. The predicted octanol–water partition coefficient (Wildman–Crippen LogP) is 4.18. The van der Waals surface area contributed by atoms with Crippen LogP contribution in [0.25, 0.3) is 0 Å². The fourth-order valence-corrected chi connectivity index (χ4v) is 2.18. The van der Waals surface area contributed by atoms with E-state index >= 15 is 0 Å². The third-order valence-corrected chi connectivity index (χ3v) is 3.42. The molecule has 0 aliphatic carbocycles. The zero-order valence-electron chi connectivity index (χ0n) is 15.2. The molecule has 10 heteroatoms. The molecule has 0 saturated heterocycles. The second-order valence-corrected chi connectivity index (χ2v) is 5.52. The van der Waals surface area contributed by atoms with Crippen LogP contribution in [-0.4, -0.2) is 36.9 Å². The number of carbonyl (C=O) groups is 2. The number of pyridine rings is 1. The molecule has 0 aliphatic rings. The number of nitrogens with zero attached hydrogens (tertiary/aromatic N) is 1. The van der Waals surface area contributed by atoms with Gasteiger partial charge < -0.3 is 18.9 Å². The Balaban J connectivity index is 2.21. The SMILES string of the molecule is CCOC(=O)COc1ncccc1Oc1cc(NC(=O)OCC)c(F)cc1Cl. The number of benzene rings is 1. The molecule has 150 valence electrons. The lowest BCUT2D eigenvalue weighted by molar-refractivity contribution is -0.145. The molecule has 0 bridgehead atoms. The quantitative estimate of drug-likeness (QED) is 0.650. The summed E-state index contributed by atoms with van der Waals surface area (Å²) in [5, 5.41) is 2.20. The summed E-state index contributed by atoms with van der Waals surface area (Å²) in [5.74, 6) is -1.17. The Labute approximate surface area is 165 Å². The summed E-state index contributed by atoms with van der Waals surface area (Å²) in [6.07, 6.45) is 0.613. The van der Waals surface area contributed by atoms with E-state index in [0.29, 0.717) is 0 Å². The Kier molecular flexibility index (Phi) is 7.82. The maximum Gasteiger partial charge on any atom is 0.411 e. The summed E-state index contributed by atoms with van der Waals surface area (Å²) in [6.45, 7) is 3.27. The lowest BCUT2D eigenvalue weighted by Gasteiger charge is -2.13. The van der Waals surface area contributed by atoms with Gasteiger partial charge in [0.1, 0.15) is 11.6 Å². The van der Waals surface area contributed by atoms with Crippen molar-refractivity contribution in [1.82, 2.24) is 4.98 Å². The summed E-state index contributed by atoms with van der Waals surface area (Å²) in [7, 11) is 0. The fourth-order valence-electron chi connectivity index (χ4n) is 1.99. The highest BCUT2D eigenvalue weighted by atomic mass is 35.5. The maximum atomic E-state index is 14.0. The van der Waals surface area contributed by atoms with Crippen LogP contribution in [0.3, 0.4) is 0 Å². The summed E-state index contributed by atoms with van der Waals surface area (Å²) in [5.41, 5.74) is -0.185. The normalized spacial score (nSPS) is 10.1. The number of esters is 1. The van der Waals surface area contributed by atoms with Crippen molar-refractivity contribution in [2.45, 2.75) is 13.8 Å². The summed E-state index contributed by atoms with van der Waals surface area (Å²) >= 11 is 6.03. The number of carbonyl (C=O) groups excluding carboxylic acids is 2. The number of hydrogen-bond donors (Lipinski definition) is 1. The molecule has 1 aromatic carbocycles. The number of hydrogen-bond acceptors (Lipinski definition) is 7. The summed E-state index contributed by atoms with van der Waals surface area (Å²) in [6, 6.07) is 5.26. The molecule has 0 spiro atoms. The van der Waals surface area contributed by atoms with E-state index in [1.165, 1.54) is 18.3 Å². The Morgan fingerprint density at radius 2 is 1.93 bits per heavy atom. The van der Waals surface area contributed by atoms with Crippen molar-refractivity contribution in [3.05, 3.63) is 41.3 Å².